The molecule has 0 aliphatic carbocycles. The smallest absolute Gasteiger partial charge is 0.0632 e. The molecule has 1 heterocycles. The quantitative estimate of drug-likeness (QED) is 0.736. The Balaban J connectivity index is 2.60. The van der Waals surface area contributed by atoms with Gasteiger partial charge in [-0.25, -0.2) is 0 Å². The molecule has 1 aromatic rings. The summed E-state index contributed by atoms with van der Waals surface area (Å²) in [6.07, 6.45) is 2.02. The second kappa shape index (κ2) is 6.60. The highest BCUT2D eigenvalue weighted by molar-refractivity contribution is 5.12. The van der Waals surface area contributed by atoms with E-state index >= 15 is 0 Å². The molecule has 96 valence electrons. The van der Waals surface area contributed by atoms with Crippen molar-refractivity contribution in [3.63, 3.8) is 0 Å². The normalized spacial score (nSPS) is 11.1. The third kappa shape index (κ3) is 4.35. The van der Waals surface area contributed by atoms with E-state index in [9.17, 15) is 0 Å². The lowest BCUT2D eigenvalue weighted by Gasteiger charge is -2.12. The summed E-state index contributed by atoms with van der Waals surface area (Å²) in [6.45, 7) is 14.4. The van der Waals surface area contributed by atoms with Gasteiger partial charge >= 0.3 is 0 Å². The second-order valence-corrected chi connectivity index (χ2v) is 4.78. The van der Waals surface area contributed by atoms with Gasteiger partial charge < -0.3 is 5.32 Å². The van der Waals surface area contributed by atoms with Gasteiger partial charge in [0.1, 0.15) is 0 Å². The van der Waals surface area contributed by atoms with Crippen LogP contribution in [0.2, 0.25) is 0 Å². The monoisotopic (exact) mass is 235 g/mol. The lowest BCUT2D eigenvalue weighted by Crippen LogP contribution is -2.26. The minimum absolute atomic E-state index is 0.501. The van der Waals surface area contributed by atoms with E-state index in [1.165, 1.54) is 17.0 Å². The second-order valence-electron chi connectivity index (χ2n) is 4.78. The van der Waals surface area contributed by atoms with E-state index in [2.05, 4.69) is 55.4 Å². The maximum Gasteiger partial charge on any atom is 0.0632 e. The van der Waals surface area contributed by atoms with E-state index in [-0.39, 0.29) is 0 Å². The molecule has 0 fully saturated rings. The first-order valence-corrected chi connectivity index (χ1v) is 6.52. The molecule has 0 atom stereocenters. The standard InChI is InChI=1S/C14H25N3/c1-6-13-8-14(7-2)17(16-13)10-12(5)9-15-11(3)4/h8,11,15H,5-7,9-10H2,1-4H3. The molecule has 17 heavy (non-hydrogen) atoms. The fourth-order valence-electron chi connectivity index (χ4n) is 1.73. The fraction of sp³-hybridized carbons (Fsp3) is 0.643. The van der Waals surface area contributed by atoms with Gasteiger partial charge in [-0.15, -0.1) is 0 Å². The summed E-state index contributed by atoms with van der Waals surface area (Å²) in [5, 5.41) is 7.98. The summed E-state index contributed by atoms with van der Waals surface area (Å²) in [4.78, 5) is 0. The average Bonchev–Trinajstić information content (AvgIpc) is 2.68. The first-order valence-electron chi connectivity index (χ1n) is 6.52. The topological polar surface area (TPSA) is 29.9 Å². The number of hydrogen-bond acceptors (Lipinski definition) is 2. The molecular weight excluding hydrogens is 210 g/mol. The van der Waals surface area contributed by atoms with Crippen molar-refractivity contribution >= 4 is 0 Å². The molecule has 3 nitrogen and oxygen atoms in total. The number of aryl methyl sites for hydroxylation is 2. The Morgan fingerprint density at radius 3 is 2.65 bits per heavy atom. The molecule has 0 aliphatic heterocycles. The van der Waals surface area contributed by atoms with E-state index in [1.807, 2.05) is 0 Å². The maximum absolute atomic E-state index is 4.59. The van der Waals surface area contributed by atoms with Gasteiger partial charge in [0.05, 0.1) is 12.2 Å². The van der Waals surface area contributed by atoms with Crippen molar-refractivity contribution in [1.82, 2.24) is 15.1 Å². The maximum atomic E-state index is 4.59. The predicted molar refractivity (Wildman–Crippen MR) is 73.3 cm³/mol. The van der Waals surface area contributed by atoms with Crippen LogP contribution in [0.4, 0.5) is 0 Å². The molecule has 0 saturated heterocycles. The van der Waals surface area contributed by atoms with Crippen molar-refractivity contribution in [2.45, 2.75) is 53.1 Å². The van der Waals surface area contributed by atoms with E-state index in [0.717, 1.165) is 25.9 Å². The minimum Gasteiger partial charge on any atom is -0.311 e. The first kappa shape index (κ1) is 14.0. The molecule has 0 bridgehead atoms. The van der Waals surface area contributed by atoms with Gasteiger partial charge in [-0.2, -0.15) is 5.10 Å². The van der Waals surface area contributed by atoms with E-state index in [4.69, 9.17) is 0 Å². The Bertz CT molecular complexity index is 364. The van der Waals surface area contributed by atoms with Gasteiger partial charge in [-0.1, -0.05) is 34.3 Å². The number of hydrogen-bond donors (Lipinski definition) is 1. The Hall–Kier alpha value is -1.09. The van der Waals surface area contributed by atoms with Crippen molar-refractivity contribution in [2.24, 2.45) is 0 Å². The molecule has 0 saturated carbocycles. The van der Waals surface area contributed by atoms with Crippen LogP contribution in [0, 0.1) is 0 Å². The SMILES string of the molecule is C=C(CNC(C)C)Cn1nc(CC)cc1CC. The number of aromatic nitrogens is 2. The molecule has 1 rings (SSSR count). The third-order valence-corrected chi connectivity index (χ3v) is 2.77. The largest absolute Gasteiger partial charge is 0.311 e. The predicted octanol–water partition coefficient (Wildman–Crippen LogP) is 2.56. The Morgan fingerprint density at radius 1 is 1.41 bits per heavy atom. The van der Waals surface area contributed by atoms with Crippen LogP contribution in [0.1, 0.15) is 39.1 Å². The van der Waals surface area contributed by atoms with E-state index < -0.39 is 0 Å². The highest BCUT2D eigenvalue weighted by Gasteiger charge is 2.06. The van der Waals surface area contributed by atoms with Crippen molar-refractivity contribution in [3.8, 4) is 0 Å². The van der Waals surface area contributed by atoms with Crippen molar-refractivity contribution < 1.29 is 0 Å². The molecule has 0 radical (unpaired) electrons. The van der Waals surface area contributed by atoms with Crippen LogP contribution in [0.15, 0.2) is 18.2 Å². The van der Waals surface area contributed by atoms with Crippen molar-refractivity contribution in [3.05, 3.63) is 29.6 Å². The molecular formula is C14H25N3. The molecule has 0 aliphatic rings. The van der Waals surface area contributed by atoms with Gasteiger partial charge in [-0.3, -0.25) is 4.68 Å². The van der Waals surface area contributed by atoms with Gasteiger partial charge in [-0.05, 0) is 24.5 Å². The number of nitrogens with one attached hydrogen (secondary N) is 1. The van der Waals surface area contributed by atoms with Crippen LogP contribution in [0.3, 0.4) is 0 Å². The van der Waals surface area contributed by atoms with Crippen molar-refractivity contribution in [2.75, 3.05) is 6.54 Å². The zero-order chi connectivity index (χ0) is 12.8. The first-order chi connectivity index (χ1) is 8.06. The highest BCUT2D eigenvalue weighted by Crippen LogP contribution is 2.08. The van der Waals surface area contributed by atoms with Crippen LogP contribution >= 0.6 is 0 Å². The molecule has 0 amide bonds. The Kier molecular flexibility index (Phi) is 5.42. The Labute approximate surface area is 105 Å². The lowest BCUT2D eigenvalue weighted by molar-refractivity contribution is 0.576. The summed E-state index contributed by atoms with van der Waals surface area (Å²) in [7, 11) is 0. The van der Waals surface area contributed by atoms with Crippen LogP contribution in [-0.4, -0.2) is 22.4 Å². The summed E-state index contributed by atoms with van der Waals surface area (Å²) < 4.78 is 2.09. The van der Waals surface area contributed by atoms with Gasteiger partial charge in [0.15, 0.2) is 0 Å². The van der Waals surface area contributed by atoms with E-state index in [1.54, 1.807) is 0 Å². The molecule has 1 aromatic heterocycles. The summed E-state index contributed by atoms with van der Waals surface area (Å²) in [6, 6.07) is 2.70. The van der Waals surface area contributed by atoms with Crippen LogP contribution in [0.25, 0.3) is 0 Å². The van der Waals surface area contributed by atoms with Crippen LogP contribution in [-0.2, 0) is 19.4 Å². The van der Waals surface area contributed by atoms with E-state index in [0.29, 0.717) is 6.04 Å². The van der Waals surface area contributed by atoms with Crippen LogP contribution in [0.5, 0.6) is 0 Å². The molecule has 0 spiro atoms. The molecule has 1 N–H and O–H groups in total. The van der Waals surface area contributed by atoms with Gasteiger partial charge in [0, 0.05) is 18.3 Å². The Morgan fingerprint density at radius 2 is 2.12 bits per heavy atom. The fourth-order valence-corrected chi connectivity index (χ4v) is 1.73. The number of rotatable bonds is 7. The lowest BCUT2D eigenvalue weighted by atomic mass is 10.2. The average molecular weight is 235 g/mol. The van der Waals surface area contributed by atoms with Gasteiger partial charge in [0.25, 0.3) is 0 Å². The zero-order valence-electron chi connectivity index (χ0n) is 11.6. The third-order valence-electron chi connectivity index (χ3n) is 2.77. The molecule has 0 unspecified atom stereocenters. The molecule has 3 heteroatoms. The van der Waals surface area contributed by atoms with Crippen molar-refractivity contribution in [1.29, 1.82) is 0 Å². The zero-order valence-corrected chi connectivity index (χ0v) is 11.6. The summed E-state index contributed by atoms with van der Waals surface area (Å²) in [5.74, 6) is 0. The number of nitrogens with zero attached hydrogens (tertiary/aromatic N) is 2. The molecule has 0 aromatic carbocycles. The highest BCUT2D eigenvalue weighted by atomic mass is 15.3. The van der Waals surface area contributed by atoms with Crippen LogP contribution < -0.4 is 5.32 Å². The summed E-state index contributed by atoms with van der Waals surface area (Å²) >= 11 is 0. The minimum atomic E-state index is 0.501. The summed E-state index contributed by atoms with van der Waals surface area (Å²) in [5.41, 5.74) is 3.65. The van der Waals surface area contributed by atoms with Gasteiger partial charge in [0.2, 0.25) is 0 Å².